The third-order valence-electron chi connectivity index (χ3n) is 4.81. The summed E-state index contributed by atoms with van der Waals surface area (Å²) in [6.07, 6.45) is -4.16. The van der Waals surface area contributed by atoms with Crippen LogP contribution in [0.25, 0.3) is 11.1 Å². The van der Waals surface area contributed by atoms with Crippen LogP contribution in [0.2, 0.25) is 0 Å². The number of rotatable bonds is 5. The lowest BCUT2D eigenvalue weighted by atomic mass is 9.94. The first kappa shape index (κ1) is 20.6. The van der Waals surface area contributed by atoms with Crippen molar-refractivity contribution in [3.63, 3.8) is 0 Å². The molecule has 1 N–H and O–H groups in total. The van der Waals surface area contributed by atoms with Gasteiger partial charge in [0.25, 0.3) is 0 Å². The van der Waals surface area contributed by atoms with E-state index in [0.29, 0.717) is 36.6 Å². The first-order chi connectivity index (χ1) is 14.9. The van der Waals surface area contributed by atoms with Crippen molar-refractivity contribution in [3.8, 4) is 34.1 Å². The zero-order chi connectivity index (χ0) is 22.0. The Balaban J connectivity index is 1.69. The number of halogens is 3. The van der Waals surface area contributed by atoms with E-state index in [0.717, 1.165) is 0 Å². The van der Waals surface area contributed by atoms with Crippen molar-refractivity contribution in [1.29, 1.82) is 0 Å². The van der Waals surface area contributed by atoms with Gasteiger partial charge in [-0.25, -0.2) is 0 Å². The average Bonchev–Trinajstić information content (AvgIpc) is 2.76. The molecule has 0 unspecified atom stereocenters. The monoisotopic (exact) mass is 430 g/mol. The van der Waals surface area contributed by atoms with Gasteiger partial charge in [-0.05, 0) is 35.4 Å². The molecule has 3 aromatic rings. The van der Waals surface area contributed by atoms with Gasteiger partial charge in [-0.3, -0.25) is 4.79 Å². The van der Waals surface area contributed by atoms with Gasteiger partial charge in [0.1, 0.15) is 31.3 Å². The van der Waals surface area contributed by atoms with E-state index in [4.69, 9.17) is 14.2 Å². The topological polar surface area (TPSA) is 65.0 Å². The van der Waals surface area contributed by atoms with Crippen molar-refractivity contribution < 1.29 is 37.3 Å². The van der Waals surface area contributed by atoms with Crippen LogP contribution in [-0.2, 0) is 12.8 Å². The van der Waals surface area contributed by atoms with Crippen molar-refractivity contribution in [3.05, 3.63) is 71.3 Å². The van der Waals surface area contributed by atoms with Gasteiger partial charge in [-0.2, -0.15) is 13.2 Å². The first-order valence-electron chi connectivity index (χ1n) is 9.37. The number of alkyl halides is 3. The van der Waals surface area contributed by atoms with E-state index in [2.05, 4.69) is 0 Å². The lowest BCUT2D eigenvalue weighted by Gasteiger charge is -2.21. The molecule has 1 aliphatic rings. The molecule has 8 heteroatoms. The summed E-state index contributed by atoms with van der Waals surface area (Å²) >= 11 is 0. The molecule has 0 aromatic heterocycles. The molecule has 4 rings (SSSR count). The largest absolute Gasteiger partial charge is 0.507 e. The molecule has 3 aromatic carbocycles. The van der Waals surface area contributed by atoms with Crippen LogP contribution in [0.4, 0.5) is 13.2 Å². The highest BCUT2D eigenvalue weighted by Crippen LogP contribution is 2.42. The van der Waals surface area contributed by atoms with E-state index in [9.17, 15) is 23.1 Å². The predicted octanol–water partition coefficient (Wildman–Crippen LogP) is 5.24. The fraction of sp³-hybridized carbons (Fsp3) is 0.174. The molecule has 0 fully saturated rings. The zero-order valence-corrected chi connectivity index (χ0v) is 16.1. The van der Waals surface area contributed by atoms with Gasteiger partial charge in [-0.1, -0.05) is 24.3 Å². The van der Waals surface area contributed by atoms with Crippen LogP contribution in [0.15, 0.2) is 54.6 Å². The Bertz CT molecular complexity index is 1120. The molecule has 31 heavy (non-hydrogen) atoms. The number of fused-ring (bicyclic) bond motifs is 1. The van der Waals surface area contributed by atoms with Crippen LogP contribution in [0.5, 0.6) is 23.0 Å². The number of benzene rings is 3. The zero-order valence-electron chi connectivity index (χ0n) is 16.1. The highest BCUT2D eigenvalue weighted by atomic mass is 19.4. The molecule has 1 aliphatic heterocycles. The standard InChI is InChI=1S/C23H17F3O5/c24-23(25,26)22-16(13-31-17-6-4-15(12-27)19(28)11-17)2-1-3-18(22)14-5-7-20-21(10-14)30-9-8-29-20/h1-7,10-12,28H,8-9,13H2. The van der Waals surface area contributed by atoms with Gasteiger partial charge in [0.15, 0.2) is 17.8 Å². The van der Waals surface area contributed by atoms with Crippen LogP contribution in [0, 0.1) is 0 Å². The van der Waals surface area contributed by atoms with Gasteiger partial charge in [0, 0.05) is 11.6 Å². The fourth-order valence-electron chi connectivity index (χ4n) is 3.38. The molecule has 0 radical (unpaired) electrons. The van der Waals surface area contributed by atoms with Crippen molar-refractivity contribution in [1.82, 2.24) is 0 Å². The van der Waals surface area contributed by atoms with Crippen molar-refractivity contribution in [2.24, 2.45) is 0 Å². The number of ether oxygens (including phenoxy) is 3. The number of hydrogen-bond donors (Lipinski definition) is 1. The number of carbonyl (C=O) groups excluding carboxylic acids is 1. The Kier molecular flexibility index (Phi) is 5.46. The van der Waals surface area contributed by atoms with Crippen molar-refractivity contribution >= 4 is 6.29 Å². The molecule has 0 amide bonds. The van der Waals surface area contributed by atoms with Gasteiger partial charge in [-0.15, -0.1) is 0 Å². The number of hydrogen-bond acceptors (Lipinski definition) is 5. The average molecular weight is 430 g/mol. The minimum absolute atomic E-state index is 0.00952. The Labute approximate surface area is 175 Å². The smallest absolute Gasteiger partial charge is 0.417 e. The Morgan fingerprint density at radius 2 is 1.77 bits per heavy atom. The van der Waals surface area contributed by atoms with Gasteiger partial charge in [0.2, 0.25) is 0 Å². The molecule has 0 atom stereocenters. The Morgan fingerprint density at radius 1 is 1.00 bits per heavy atom. The second kappa shape index (κ2) is 8.22. The van der Waals surface area contributed by atoms with Gasteiger partial charge in [0.05, 0.1) is 11.1 Å². The highest BCUT2D eigenvalue weighted by Gasteiger charge is 2.36. The number of phenols is 1. The van der Waals surface area contributed by atoms with Crippen LogP contribution in [0.3, 0.4) is 0 Å². The minimum atomic E-state index is -4.63. The summed E-state index contributed by atoms with van der Waals surface area (Å²) in [6.45, 7) is 0.329. The van der Waals surface area contributed by atoms with E-state index in [1.165, 1.54) is 42.5 Å². The lowest BCUT2D eigenvalue weighted by Crippen LogP contribution is -2.15. The Morgan fingerprint density at radius 3 is 2.48 bits per heavy atom. The third kappa shape index (κ3) is 4.28. The van der Waals surface area contributed by atoms with Crippen LogP contribution in [0.1, 0.15) is 21.5 Å². The second-order valence-electron chi connectivity index (χ2n) is 6.82. The molecule has 0 bridgehead atoms. The molecular formula is C23H17F3O5. The fourth-order valence-corrected chi connectivity index (χ4v) is 3.38. The van der Waals surface area contributed by atoms with Crippen molar-refractivity contribution in [2.45, 2.75) is 12.8 Å². The normalized spacial score (nSPS) is 13.0. The molecule has 0 saturated carbocycles. The highest BCUT2D eigenvalue weighted by molar-refractivity contribution is 5.79. The van der Waals surface area contributed by atoms with Crippen LogP contribution in [-0.4, -0.2) is 24.6 Å². The van der Waals surface area contributed by atoms with E-state index in [1.54, 1.807) is 12.1 Å². The number of phenolic OH excluding ortho intramolecular Hbond substituents is 1. The molecule has 5 nitrogen and oxygen atoms in total. The first-order valence-corrected chi connectivity index (χ1v) is 9.37. The maximum absolute atomic E-state index is 14.0. The third-order valence-corrected chi connectivity index (χ3v) is 4.81. The van der Waals surface area contributed by atoms with Gasteiger partial charge < -0.3 is 19.3 Å². The van der Waals surface area contributed by atoms with E-state index in [1.807, 2.05) is 0 Å². The summed E-state index contributed by atoms with van der Waals surface area (Å²) in [5, 5.41) is 9.75. The minimum Gasteiger partial charge on any atom is -0.507 e. The summed E-state index contributed by atoms with van der Waals surface area (Å²) in [5.41, 5.74) is -0.501. The summed E-state index contributed by atoms with van der Waals surface area (Å²) < 4.78 is 58.5. The van der Waals surface area contributed by atoms with Crippen molar-refractivity contribution in [2.75, 3.05) is 13.2 Å². The van der Waals surface area contributed by atoms with E-state index >= 15 is 0 Å². The number of carbonyl (C=O) groups is 1. The molecule has 0 aliphatic carbocycles. The molecular weight excluding hydrogens is 413 g/mol. The number of aldehydes is 1. The summed E-state index contributed by atoms with van der Waals surface area (Å²) in [5.74, 6) is 0.709. The maximum Gasteiger partial charge on any atom is 0.417 e. The SMILES string of the molecule is O=Cc1ccc(OCc2cccc(-c3ccc4c(c3)OCCO4)c2C(F)(F)F)cc1O. The van der Waals surface area contributed by atoms with E-state index in [-0.39, 0.29) is 34.8 Å². The summed E-state index contributed by atoms with van der Waals surface area (Å²) in [6, 6.07) is 12.8. The maximum atomic E-state index is 14.0. The quantitative estimate of drug-likeness (QED) is 0.561. The van der Waals surface area contributed by atoms with E-state index < -0.39 is 11.7 Å². The molecule has 160 valence electrons. The molecule has 0 spiro atoms. The predicted molar refractivity (Wildman–Crippen MR) is 106 cm³/mol. The summed E-state index contributed by atoms with van der Waals surface area (Å²) in [4.78, 5) is 10.8. The second-order valence-corrected chi connectivity index (χ2v) is 6.82. The van der Waals surface area contributed by atoms with Gasteiger partial charge >= 0.3 is 6.18 Å². The lowest BCUT2D eigenvalue weighted by molar-refractivity contribution is -0.138. The molecule has 1 heterocycles. The van der Waals surface area contributed by atoms with Crippen LogP contribution >= 0.6 is 0 Å². The Hall–Kier alpha value is -3.68. The number of aromatic hydroxyl groups is 1. The molecule has 0 saturated heterocycles. The summed E-state index contributed by atoms with van der Waals surface area (Å²) in [7, 11) is 0. The van der Waals surface area contributed by atoms with Crippen LogP contribution < -0.4 is 14.2 Å².